The average molecular weight is 220 g/mol. The summed E-state index contributed by atoms with van der Waals surface area (Å²) in [5.74, 6) is -0.781. The maximum atomic E-state index is 10.8. The Labute approximate surface area is 95.1 Å². The van der Waals surface area contributed by atoms with Gasteiger partial charge in [-0.1, -0.05) is 6.07 Å². The van der Waals surface area contributed by atoms with Crippen LogP contribution in [-0.2, 0) is 4.79 Å². The minimum Gasteiger partial charge on any atom is -0.480 e. The summed E-state index contributed by atoms with van der Waals surface area (Å²) in [7, 11) is 2.03. The quantitative estimate of drug-likeness (QED) is 0.816. The van der Waals surface area contributed by atoms with Crippen LogP contribution in [0.2, 0.25) is 0 Å². The largest absolute Gasteiger partial charge is 0.480 e. The summed E-state index contributed by atoms with van der Waals surface area (Å²) in [4.78, 5) is 14.9. The SMILES string of the molecule is Cc1ccc2c(c1)N(CC(=O)O)CCN2C. The van der Waals surface area contributed by atoms with E-state index in [1.807, 2.05) is 24.9 Å². The fourth-order valence-corrected chi connectivity index (χ4v) is 2.05. The zero-order valence-electron chi connectivity index (χ0n) is 9.60. The number of nitrogens with zero attached hydrogens (tertiary/aromatic N) is 2. The molecule has 1 heterocycles. The first-order chi connectivity index (χ1) is 7.58. The Morgan fingerprint density at radius 1 is 1.38 bits per heavy atom. The first kappa shape index (κ1) is 10.8. The molecule has 0 saturated carbocycles. The van der Waals surface area contributed by atoms with Crippen LogP contribution in [0, 0.1) is 6.92 Å². The lowest BCUT2D eigenvalue weighted by molar-refractivity contribution is -0.135. The van der Waals surface area contributed by atoms with E-state index in [0.717, 1.165) is 30.0 Å². The van der Waals surface area contributed by atoms with Gasteiger partial charge < -0.3 is 14.9 Å². The van der Waals surface area contributed by atoms with E-state index in [9.17, 15) is 4.79 Å². The molecule has 0 atom stereocenters. The number of hydrogen-bond acceptors (Lipinski definition) is 3. The number of carboxylic acids is 1. The van der Waals surface area contributed by atoms with Gasteiger partial charge in [-0.05, 0) is 24.6 Å². The van der Waals surface area contributed by atoms with Crippen molar-refractivity contribution in [1.29, 1.82) is 0 Å². The smallest absolute Gasteiger partial charge is 0.323 e. The third kappa shape index (κ3) is 1.96. The van der Waals surface area contributed by atoms with E-state index in [1.165, 1.54) is 0 Å². The summed E-state index contributed by atoms with van der Waals surface area (Å²) in [5, 5.41) is 8.87. The van der Waals surface area contributed by atoms with E-state index < -0.39 is 5.97 Å². The van der Waals surface area contributed by atoms with Crippen LogP contribution < -0.4 is 9.80 Å². The summed E-state index contributed by atoms with van der Waals surface area (Å²) in [6.45, 7) is 3.72. The van der Waals surface area contributed by atoms with Gasteiger partial charge in [0.15, 0.2) is 0 Å². The molecule has 1 aliphatic heterocycles. The molecule has 0 amide bonds. The molecule has 0 radical (unpaired) electrons. The summed E-state index contributed by atoms with van der Waals surface area (Å²) in [6, 6.07) is 6.16. The maximum absolute atomic E-state index is 10.8. The monoisotopic (exact) mass is 220 g/mol. The second-order valence-corrected chi connectivity index (χ2v) is 4.23. The van der Waals surface area contributed by atoms with Gasteiger partial charge in [0.05, 0.1) is 11.4 Å². The van der Waals surface area contributed by atoms with Crippen molar-refractivity contribution in [1.82, 2.24) is 0 Å². The van der Waals surface area contributed by atoms with Crippen molar-refractivity contribution in [3.05, 3.63) is 23.8 Å². The van der Waals surface area contributed by atoms with Gasteiger partial charge in [0.2, 0.25) is 0 Å². The Hall–Kier alpha value is -1.71. The average Bonchev–Trinajstić information content (AvgIpc) is 2.22. The Balaban J connectivity index is 2.37. The number of carboxylic acid groups (broad SMARTS) is 1. The summed E-state index contributed by atoms with van der Waals surface area (Å²) < 4.78 is 0. The minimum atomic E-state index is -0.781. The molecular formula is C12H16N2O2. The number of aliphatic carboxylic acids is 1. The Morgan fingerprint density at radius 2 is 2.12 bits per heavy atom. The van der Waals surface area contributed by atoms with Crippen LogP contribution in [-0.4, -0.2) is 37.8 Å². The fraction of sp³-hybridized carbons (Fsp3) is 0.417. The van der Waals surface area contributed by atoms with Crippen molar-refractivity contribution >= 4 is 17.3 Å². The van der Waals surface area contributed by atoms with E-state index in [4.69, 9.17) is 5.11 Å². The highest BCUT2D eigenvalue weighted by atomic mass is 16.4. The first-order valence-corrected chi connectivity index (χ1v) is 5.36. The molecule has 4 nitrogen and oxygen atoms in total. The van der Waals surface area contributed by atoms with Crippen LogP contribution in [0.3, 0.4) is 0 Å². The molecule has 4 heteroatoms. The molecule has 0 spiro atoms. The third-order valence-corrected chi connectivity index (χ3v) is 2.91. The number of carbonyl (C=O) groups is 1. The van der Waals surface area contributed by atoms with Crippen LogP contribution in [0.4, 0.5) is 11.4 Å². The zero-order chi connectivity index (χ0) is 11.7. The van der Waals surface area contributed by atoms with E-state index in [0.29, 0.717) is 0 Å². The molecule has 2 rings (SSSR count). The predicted molar refractivity (Wildman–Crippen MR) is 64.3 cm³/mol. The lowest BCUT2D eigenvalue weighted by Crippen LogP contribution is -2.41. The number of rotatable bonds is 2. The molecule has 1 aliphatic rings. The molecule has 0 fully saturated rings. The van der Waals surface area contributed by atoms with Crippen molar-refractivity contribution in [2.24, 2.45) is 0 Å². The number of benzene rings is 1. The van der Waals surface area contributed by atoms with Crippen molar-refractivity contribution in [3.63, 3.8) is 0 Å². The standard InChI is InChI=1S/C12H16N2O2/c1-9-3-4-10-11(7-9)14(8-12(15)16)6-5-13(10)2/h3-4,7H,5-6,8H2,1-2H3,(H,15,16). The van der Waals surface area contributed by atoms with Gasteiger partial charge in [-0.3, -0.25) is 4.79 Å². The van der Waals surface area contributed by atoms with Crippen LogP contribution in [0.15, 0.2) is 18.2 Å². The molecule has 1 aromatic carbocycles. The molecule has 1 aromatic rings. The highest BCUT2D eigenvalue weighted by Gasteiger charge is 2.21. The molecule has 0 bridgehead atoms. The number of aryl methyl sites for hydroxylation is 1. The van der Waals surface area contributed by atoms with Gasteiger partial charge in [-0.25, -0.2) is 0 Å². The predicted octanol–water partition coefficient (Wildman–Crippen LogP) is 1.34. The van der Waals surface area contributed by atoms with E-state index in [2.05, 4.69) is 17.0 Å². The lowest BCUT2D eigenvalue weighted by Gasteiger charge is -2.36. The first-order valence-electron chi connectivity index (χ1n) is 5.36. The molecule has 0 saturated heterocycles. The molecule has 0 aliphatic carbocycles. The molecule has 86 valence electrons. The summed E-state index contributed by atoms with van der Waals surface area (Å²) >= 11 is 0. The molecule has 0 aromatic heterocycles. The topological polar surface area (TPSA) is 43.8 Å². The Kier molecular flexibility index (Phi) is 2.73. The minimum absolute atomic E-state index is 0.0737. The molecule has 0 unspecified atom stereocenters. The highest BCUT2D eigenvalue weighted by Crippen LogP contribution is 2.32. The number of hydrogen-bond donors (Lipinski definition) is 1. The van der Waals surface area contributed by atoms with Gasteiger partial charge in [0, 0.05) is 20.1 Å². The van der Waals surface area contributed by atoms with Gasteiger partial charge >= 0.3 is 5.97 Å². The van der Waals surface area contributed by atoms with Crippen molar-refractivity contribution in [2.75, 3.05) is 36.5 Å². The number of likely N-dealkylation sites (N-methyl/N-ethyl adjacent to an activating group) is 1. The van der Waals surface area contributed by atoms with Crippen LogP contribution >= 0.6 is 0 Å². The second-order valence-electron chi connectivity index (χ2n) is 4.23. The van der Waals surface area contributed by atoms with Crippen molar-refractivity contribution in [2.45, 2.75) is 6.92 Å². The maximum Gasteiger partial charge on any atom is 0.323 e. The molecule has 1 N–H and O–H groups in total. The second kappa shape index (κ2) is 4.04. The van der Waals surface area contributed by atoms with Crippen LogP contribution in [0.1, 0.15) is 5.56 Å². The van der Waals surface area contributed by atoms with Crippen LogP contribution in [0.25, 0.3) is 0 Å². The Bertz CT molecular complexity index is 417. The number of fused-ring (bicyclic) bond motifs is 1. The highest BCUT2D eigenvalue weighted by molar-refractivity contribution is 5.80. The van der Waals surface area contributed by atoms with E-state index in [-0.39, 0.29) is 6.54 Å². The van der Waals surface area contributed by atoms with Gasteiger partial charge in [0.1, 0.15) is 6.54 Å². The van der Waals surface area contributed by atoms with Crippen molar-refractivity contribution < 1.29 is 9.90 Å². The summed E-state index contributed by atoms with van der Waals surface area (Å²) in [5.41, 5.74) is 3.29. The molecular weight excluding hydrogens is 204 g/mol. The van der Waals surface area contributed by atoms with E-state index in [1.54, 1.807) is 0 Å². The van der Waals surface area contributed by atoms with Gasteiger partial charge in [-0.15, -0.1) is 0 Å². The molecule has 16 heavy (non-hydrogen) atoms. The van der Waals surface area contributed by atoms with E-state index >= 15 is 0 Å². The van der Waals surface area contributed by atoms with Gasteiger partial charge in [0.25, 0.3) is 0 Å². The Morgan fingerprint density at radius 3 is 2.81 bits per heavy atom. The lowest BCUT2D eigenvalue weighted by atomic mass is 10.1. The zero-order valence-corrected chi connectivity index (χ0v) is 9.60. The normalized spacial score (nSPS) is 14.9. The van der Waals surface area contributed by atoms with Crippen LogP contribution in [0.5, 0.6) is 0 Å². The summed E-state index contributed by atoms with van der Waals surface area (Å²) in [6.07, 6.45) is 0. The van der Waals surface area contributed by atoms with Crippen molar-refractivity contribution in [3.8, 4) is 0 Å². The fourth-order valence-electron chi connectivity index (χ4n) is 2.05. The van der Waals surface area contributed by atoms with Gasteiger partial charge in [-0.2, -0.15) is 0 Å². The third-order valence-electron chi connectivity index (χ3n) is 2.91. The number of anilines is 2.